The maximum absolute atomic E-state index is 12.7. The highest BCUT2D eigenvalue weighted by Gasteiger charge is 2.38. The van der Waals surface area contributed by atoms with Crippen LogP contribution in [-0.4, -0.2) is 51.7 Å². The number of aromatic nitrogens is 2. The average Bonchev–Trinajstić information content (AvgIpc) is 3.30. The van der Waals surface area contributed by atoms with Crippen molar-refractivity contribution in [1.82, 2.24) is 14.9 Å². The summed E-state index contributed by atoms with van der Waals surface area (Å²) in [5.74, 6) is -1.83. The lowest BCUT2D eigenvalue weighted by Gasteiger charge is -2.29. The number of aryl methyl sites for hydroxylation is 2. The quantitative estimate of drug-likeness (QED) is 0.657. The van der Waals surface area contributed by atoms with Crippen LogP contribution in [0.25, 0.3) is 0 Å². The highest BCUT2D eigenvalue weighted by atomic mass is 19.4. The van der Waals surface area contributed by atoms with Crippen LogP contribution in [0.3, 0.4) is 0 Å². The SMILES string of the molecule is C=CC(=O)N1CCCc2cc(C(=O)NCC3CCCc4nccn43)ccc21.O=C(O)C(F)(F)F. The number of halogens is 3. The number of fused-ring (bicyclic) bond motifs is 2. The molecule has 2 N–H and O–H groups in total. The molecule has 1 unspecified atom stereocenters. The number of benzene rings is 1. The molecule has 2 aliphatic heterocycles. The Morgan fingerprint density at radius 2 is 1.97 bits per heavy atom. The monoisotopic (exact) mass is 478 g/mol. The number of nitrogens with one attached hydrogen (secondary N) is 1. The molecule has 2 amide bonds. The second kappa shape index (κ2) is 10.5. The highest BCUT2D eigenvalue weighted by molar-refractivity contribution is 6.02. The molecule has 8 nitrogen and oxygen atoms in total. The van der Waals surface area contributed by atoms with Crippen molar-refractivity contribution in [2.75, 3.05) is 18.0 Å². The van der Waals surface area contributed by atoms with Crippen molar-refractivity contribution in [1.29, 1.82) is 0 Å². The third-order valence-electron chi connectivity index (χ3n) is 5.72. The lowest BCUT2D eigenvalue weighted by molar-refractivity contribution is -0.192. The summed E-state index contributed by atoms with van der Waals surface area (Å²) in [6, 6.07) is 5.85. The molecule has 0 radical (unpaired) electrons. The predicted octanol–water partition coefficient (Wildman–Crippen LogP) is 3.29. The molecular weight excluding hydrogens is 453 g/mol. The minimum absolute atomic E-state index is 0.0720. The predicted molar refractivity (Wildman–Crippen MR) is 118 cm³/mol. The first-order valence-corrected chi connectivity index (χ1v) is 10.8. The number of imidazole rings is 1. The van der Waals surface area contributed by atoms with Gasteiger partial charge in [-0.2, -0.15) is 13.2 Å². The first-order valence-electron chi connectivity index (χ1n) is 10.8. The fourth-order valence-electron chi connectivity index (χ4n) is 4.10. The fourth-order valence-corrected chi connectivity index (χ4v) is 4.10. The molecule has 1 aromatic carbocycles. The van der Waals surface area contributed by atoms with Gasteiger partial charge in [-0.05, 0) is 55.5 Å². The van der Waals surface area contributed by atoms with E-state index in [9.17, 15) is 22.8 Å². The van der Waals surface area contributed by atoms with Crippen molar-refractivity contribution in [3.8, 4) is 0 Å². The molecule has 2 aliphatic rings. The van der Waals surface area contributed by atoms with Gasteiger partial charge in [-0.3, -0.25) is 9.59 Å². The van der Waals surface area contributed by atoms with E-state index in [2.05, 4.69) is 21.4 Å². The summed E-state index contributed by atoms with van der Waals surface area (Å²) in [7, 11) is 0. The van der Waals surface area contributed by atoms with E-state index in [0.29, 0.717) is 18.7 Å². The standard InChI is InChI=1S/C21H24N4O2.C2HF3O2/c1-2-20(26)25-11-4-5-15-13-16(8-9-18(15)25)21(27)23-14-17-6-3-7-19-22-10-12-24(17)19;3-2(4,5)1(6)7/h2,8-10,12-13,17H,1,3-7,11,14H2,(H,23,27);(H,6,7). The molecule has 1 atom stereocenters. The number of nitrogens with zero attached hydrogens (tertiary/aromatic N) is 3. The van der Waals surface area contributed by atoms with Crippen molar-refractivity contribution >= 4 is 23.5 Å². The molecule has 34 heavy (non-hydrogen) atoms. The second-order valence-electron chi connectivity index (χ2n) is 7.95. The van der Waals surface area contributed by atoms with Crippen LogP contribution in [0.1, 0.15) is 47.1 Å². The smallest absolute Gasteiger partial charge is 0.475 e. The summed E-state index contributed by atoms with van der Waals surface area (Å²) in [5.41, 5.74) is 2.57. The van der Waals surface area contributed by atoms with E-state index < -0.39 is 12.1 Å². The zero-order chi connectivity index (χ0) is 24.9. The van der Waals surface area contributed by atoms with Crippen LogP contribution in [0.15, 0.2) is 43.2 Å². The number of carboxylic acid groups (broad SMARTS) is 1. The Morgan fingerprint density at radius 1 is 1.24 bits per heavy atom. The molecule has 0 aliphatic carbocycles. The Hall–Kier alpha value is -3.63. The third-order valence-corrected chi connectivity index (χ3v) is 5.72. The van der Waals surface area contributed by atoms with Crippen molar-refractivity contribution in [2.24, 2.45) is 0 Å². The minimum atomic E-state index is -5.08. The van der Waals surface area contributed by atoms with Crippen molar-refractivity contribution in [3.63, 3.8) is 0 Å². The van der Waals surface area contributed by atoms with Gasteiger partial charge in [0.2, 0.25) is 5.91 Å². The van der Waals surface area contributed by atoms with Gasteiger partial charge in [-0.15, -0.1) is 0 Å². The molecule has 0 fully saturated rings. The van der Waals surface area contributed by atoms with Gasteiger partial charge < -0.3 is 19.9 Å². The van der Waals surface area contributed by atoms with Crippen molar-refractivity contribution in [2.45, 2.75) is 44.3 Å². The number of carboxylic acids is 1. The molecule has 11 heteroatoms. The Balaban J connectivity index is 0.000000406. The Morgan fingerprint density at radius 3 is 2.65 bits per heavy atom. The van der Waals surface area contributed by atoms with Gasteiger partial charge in [0.1, 0.15) is 5.82 Å². The van der Waals surface area contributed by atoms with Crippen LogP contribution < -0.4 is 10.2 Å². The summed E-state index contributed by atoms with van der Waals surface area (Å²) in [5, 5.41) is 10.2. The molecule has 2 aromatic rings. The van der Waals surface area contributed by atoms with E-state index in [1.54, 1.807) is 11.0 Å². The van der Waals surface area contributed by atoms with E-state index in [1.807, 2.05) is 24.5 Å². The molecule has 3 heterocycles. The summed E-state index contributed by atoms with van der Waals surface area (Å²) in [6.45, 7) is 4.86. The molecule has 182 valence electrons. The van der Waals surface area contributed by atoms with E-state index in [4.69, 9.17) is 9.90 Å². The average molecular weight is 478 g/mol. The number of anilines is 1. The Labute approximate surface area is 194 Å². The number of rotatable bonds is 4. The fraction of sp³-hybridized carbons (Fsp3) is 0.391. The third kappa shape index (κ3) is 5.83. The number of hydrogen-bond acceptors (Lipinski definition) is 4. The number of alkyl halides is 3. The summed E-state index contributed by atoms with van der Waals surface area (Å²) >= 11 is 0. The van der Waals surface area contributed by atoms with Gasteiger partial charge in [-0.1, -0.05) is 6.58 Å². The topological polar surface area (TPSA) is 105 Å². The molecule has 0 bridgehead atoms. The molecule has 0 saturated heterocycles. The maximum atomic E-state index is 12.7. The van der Waals surface area contributed by atoms with Crippen LogP contribution in [0, 0.1) is 0 Å². The summed E-state index contributed by atoms with van der Waals surface area (Å²) in [4.78, 5) is 39.7. The molecule has 0 spiro atoms. The number of carbonyl (C=O) groups excluding carboxylic acids is 2. The number of aliphatic carboxylic acids is 1. The van der Waals surface area contributed by atoms with Crippen LogP contribution >= 0.6 is 0 Å². The van der Waals surface area contributed by atoms with Gasteiger partial charge in [-0.25, -0.2) is 9.78 Å². The number of amides is 2. The Kier molecular flexibility index (Phi) is 7.75. The van der Waals surface area contributed by atoms with Crippen LogP contribution in [0.2, 0.25) is 0 Å². The maximum Gasteiger partial charge on any atom is 0.490 e. The first-order chi connectivity index (χ1) is 16.1. The number of carbonyl (C=O) groups is 3. The Bertz CT molecular complexity index is 1080. The van der Waals surface area contributed by atoms with Crippen molar-refractivity contribution < 1.29 is 32.7 Å². The van der Waals surface area contributed by atoms with Gasteiger partial charge >= 0.3 is 12.1 Å². The highest BCUT2D eigenvalue weighted by Crippen LogP contribution is 2.28. The molecule has 1 aromatic heterocycles. The minimum Gasteiger partial charge on any atom is -0.475 e. The lowest BCUT2D eigenvalue weighted by atomic mass is 9.98. The van der Waals surface area contributed by atoms with Crippen LogP contribution in [-0.2, 0) is 22.4 Å². The van der Waals surface area contributed by atoms with E-state index >= 15 is 0 Å². The molecule has 4 rings (SSSR count). The molecule has 0 saturated carbocycles. The largest absolute Gasteiger partial charge is 0.490 e. The zero-order valence-electron chi connectivity index (χ0n) is 18.3. The van der Waals surface area contributed by atoms with Gasteiger partial charge in [0, 0.05) is 43.2 Å². The first kappa shape index (κ1) is 25.0. The van der Waals surface area contributed by atoms with Crippen LogP contribution in [0.5, 0.6) is 0 Å². The van der Waals surface area contributed by atoms with Gasteiger partial charge in [0.05, 0.1) is 6.04 Å². The molecular formula is C23H25F3N4O4. The second-order valence-corrected chi connectivity index (χ2v) is 7.95. The normalized spacial score (nSPS) is 16.9. The lowest BCUT2D eigenvalue weighted by Crippen LogP contribution is -2.35. The summed E-state index contributed by atoms with van der Waals surface area (Å²) < 4.78 is 33.9. The summed E-state index contributed by atoms with van der Waals surface area (Å²) in [6.07, 6.45) is 4.99. The van der Waals surface area contributed by atoms with E-state index in [-0.39, 0.29) is 17.9 Å². The van der Waals surface area contributed by atoms with Crippen LogP contribution in [0.4, 0.5) is 18.9 Å². The van der Waals surface area contributed by atoms with E-state index in [1.165, 1.54) is 6.08 Å². The van der Waals surface area contributed by atoms with Crippen molar-refractivity contribution in [3.05, 3.63) is 60.2 Å². The van der Waals surface area contributed by atoms with E-state index in [0.717, 1.165) is 49.2 Å². The van der Waals surface area contributed by atoms with Gasteiger partial charge in [0.15, 0.2) is 0 Å². The number of hydrogen-bond donors (Lipinski definition) is 2. The zero-order valence-corrected chi connectivity index (χ0v) is 18.3. The van der Waals surface area contributed by atoms with Gasteiger partial charge in [0.25, 0.3) is 5.91 Å².